The maximum absolute atomic E-state index is 12.5. The van der Waals surface area contributed by atoms with E-state index in [0.717, 1.165) is 44.7 Å². The van der Waals surface area contributed by atoms with E-state index >= 15 is 0 Å². The van der Waals surface area contributed by atoms with Crippen LogP contribution in [0.2, 0.25) is 0 Å². The van der Waals surface area contributed by atoms with Gasteiger partial charge in [-0.25, -0.2) is 0 Å². The summed E-state index contributed by atoms with van der Waals surface area (Å²) in [5.41, 5.74) is 2.80. The molecule has 1 aliphatic heterocycles. The van der Waals surface area contributed by atoms with Crippen molar-refractivity contribution < 1.29 is 4.79 Å². The van der Waals surface area contributed by atoms with Crippen LogP contribution >= 0.6 is 0 Å². The van der Waals surface area contributed by atoms with E-state index in [4.69, 9.17) is 0 Å². The second-order valence-corrected chi connectivity index (χ2v) is 7.06. The number of hydrogen-bond donors (Lipinski definition) is 0. The normalized spacial score (nSPS) is 16.1. The maximum Gasteiger partial charge on any atom is 0.274 e. The van der Waals surface area contributed by atoms with Crippen molar-refractivity contribution in [2.45, 2.75) is 26.3 Å². The molecule has 3 heterocycles. The number of rotatable bonds is 5. The van der Waals surface area contributed by atoms with Gasteiger partial charge in [0.1, 0.15) is 0 Å². The maximum atomic E-state index is 12.5. The number of aromatic nitrogens is 3. The van der Waals surface area contributed by atoms with Crippen molar-refractivity contribution in [3.63, 3.8) is 0 Å². The smallest absolute Gasteiger partial charge is 0.274 e. The highest BCUT2D eigenvalue weighted by Gasteiger charge is 2.23. The second kappa shape index (κ2) is 7.78. The molecule has 6 nitrogen and oxygen atoms in total. The van der Waals surface area contributed by atoms with Gasteiger partial charge in [-0.05, 0) is 56.5 Å². The molecule has 0 saturated carbocycles. The van der Waals surface area contributed by atoms with Crippen LogP contribution in [0.25, 0.3) is 0 Å². The molecule has 2 aromatic rings. The van der Waals surface area contributed by atoms with Gasteiger partial charge in [0, 0.05) is 45.3 Å². The van der Waals surface area contributed by atoms with Crippen molar-refractivity contribution in [2.24, 2.45) is 13.0 Å². The monoisotopic (exact) mass is 341 g/mol. The first-order chi connectivity index (χ1) is 12.0. The fourth-order valence-electron chi connectivity index (χ4n) is 3.41. The van der Waals surface area contributed by atoms with E-state index in [1.54, 1.807) is 4.68 Å². The van der Waals surface area contributed by atoms with Gasteiger partial charge in [-0.2, -0.15) is 5.10 Å². The van der Waals surface area contributed by atoms with Crippen LogP contribution in [0.15, 0.2) is 30.6 Å². The molecule has 0 aromatic carbocycles. The van der Waals surface area contributed by atoms with E-state index in [9.17, 15) is 4.79 Å². The minimum Gasteiger partial charge on any atom is -0.340 e. The van der Waals surface area contributed by atoms with E-state index in [2.05, 4.69) is 21.0 Å². The van der Waals surface area contributed by atoms with Gasteiger partial charge in [0.05, 0.1) is 0 Å². The number of nitrogens with zero attached hydrogens (tertiary/aromatic N) is 5. The van der Waals surface area contributed by atoms with Crippen LogP contribution in [-0.2, 0) is 13.6 Å². The van der Waals surface area contributed by atoms with Crippen molar-refractivity contribution in [3.8, 4) is 0 Å². The van der Waals surface area contributed by atoms with Crippen LogP contribution in [0.4, 0.5) is 0 Å². The van der Waals surface area contributed by atoms with Crippen molar-refractivity contribution in [2.75, 3.05) is 26.7 Å². The molecule has 1 fully saturated rings. The van der Waals surface area contributed by atoms with Gasteiger partial charge in [0.15, 0.2) is 5.69 Å². The lowest BCUT2D eigenvalue weighted by molar-refractivity contribution is 0.0731. The Kier molecular flexibility index (Phi) is 5.48. The third-order valence-corrected chi connectivity index (χ3v) is 5.05. The van der Waals surface area contributed by atoms with Crippen molar-refractivity contribution in [1.82, 2.24) is 24.6 Å². The molecule has 0 aliphatic carbocycles. The van der Waals surface area contributed by atoms with E-state index in [-0.39, 0.29) is 5.91 Å². The van der Waals surface area contributed by atoms with Crippen molar-refractivity contribution >= 4 is 5.91 Å². The summed E-state index contributed by atoms with van der Waals surface area (Å²) in [7, 11) is 3.75. The largest absolute Gasteiger partial charge is 0.340 e. The van der Waals surface area contributed by atoms with E-state index < -0.39 is 0 Å². The molecule has 0 bridgehead atoms. The van der Waals surface area contributed by atoms with Crippen LogP contribution in [0.5, 0.6) is 0 Å². The van der Waals surface area contributed by atoms with Gasteiger partial charge >= 0.3 is 0 Å². The Morgan fingerprint density at radius 2 is 2.12 bits per heavy atom. The number of likely N-dealkylation sites (tertiary alicyclic amines) is 1. The van der Waals surface area contributed by atoms with Crippen LogP contribution < -0.4 is 0 Å². The number of piperidine rings is 1. The molecular formula is C19H27N5O. The molecule has 0 atom stereocenters. The van der Waals surface area contributed by atoms with Gasteiger partial charge in [0.2, 0.25) is 0 Å². The van der Waals surface area contributed by atoms with Crippen LogP contribution in [0.1, 0.15) is 34.6 Å². The third-order valence-electron chi connectivity index (χ3n) is 5.05. The van der Waals surface area contributed by atoms with Crippen LogP contribution in [0.3, 0.4) is 0 Å². The summed E-state index contributed by atoms with van der Waals surface area (Å²) < 4.78 is 1.75. The average Bonchev–Trinajstić information content (AvgIpc) is 2.96. The SMILES string of the molecule is Cc1cc(C(=O)N(C)CC2CCN(Cc3cccnc3)CC2)nn1C. The van der Waals surface area contributed by atoms with Gasteiger partial charge in [0.25, 0.3) is 5.91 Å². The predicted molar refractivity (Wildman–Crippen MR) is 97.1 cm³/mol. The summed E-state index contributed by atoms with van der Waals surface area (Å²) >= 11 is 0. The predicted octanol–water partition coefficient (Wildman–Crippen LogP) is 2.11. The summed E-state index contributed by atoms with van der Waals surface area (Å²) in [6.07, 6.45) is 6.00. The molecule has 6 heteroatoms. The molecule has 3 rings (SSSR count). The summed E-state index contributed by atoms with van der Waals surface area (Å²) in [6, 6.07) is 5.97. The van der Waals surface area contributed by atoms with E-state index in [1.807, 2.05) is 50.4 Å². The first-order valence-corrected chi connectivity index (χ1v) is 8.90. The lowest BCUT2D eigenvalue weighted by Gasteiger charge is -2.33. The zero-order valence-corrected chi connectivity index (χ0v) is 15.4. The minimum absolute atomic E-state index is 0.0153. The fourth-order valence-corrected chi connectivity index (χ4v) is 3.41. The Labute approximate surface area is 149 Å². The highest BCUT2D eigenvalue weighted by atomic mass is 16.2. The number of pyridine rings is 1. The van der Waals surface area contributed by atoms with Crippen molar-refractivity contribution in [3.05, 3.63) is 47.5 Å². The van der Waals surface area contributed by atoms with Crippen molar-refractivity contribution in [1.29, 1.82) is 0 Å². The Morgan fingerprint density at radius 1 is 1.36 bits per heavy atom. The molecular weight excluding hydrogens is 314 g/mol. The Morgan fingerprint density at radius 3 is 2.72 bits per heavy atom. The minimum atomic E-state index is 0.0153. The van der Waals surface area contributed by atoms with Gasteiger partial charge in [-0.1, -0.05) is 6.07 Å². The first kappa shape index (κ1) is 17.6. The lowest BCUT2D eigenvalue weighted by atomic mass is 9.96. The molecule has 0 spiro atoms. The molecule has 0 radical (unpaired) electrons. The highest BCUT2D eigenvalue weighted by Crippen LogP contribution is 2.20. The Bertz CT molecular complexity index is 684. The van der Waals surface area contributed by atoms with Gasteiger partial charge in [-0.3, -0.25) is 19.4 Å². The quantitative estimate of drug-likeness (QED) is 0.836. The molecule has 25 heavy (non-hydrogen) atoms. The summed E-state index contributed by atoms with van der Waals surface area (Å²) in [6.45, 7) is 5.87. The summed E-state index contributed by atoms with van der Waals surface area (Å²) in [5, 5.41) is 4.29. The number of carbonyl (C=O) groups excluding carboxylic acids is 1. The molecule has 2 aromatic heterocycles. The average molecular weight is 341 g/mol. The number of amides is 1. The molecule has 1 aliphatic rings. The Hall–Kier alpha value is -2.21. The summed E-state index contributed by atoms with van der Waals surface area (Å²) in [4.78, 5) is 21.0. The number of hydrogen-bond acceptors (Lipinski definition) is 4. The first-order valence-electron chi connectivity index (χ1n) is 8.90. The molecule has 0 unspecified atom stereocenters. The second-order valence-electron chi connectivity index (χ2n) is 7.06. The zero-order valence-electron chi connectivity index (χ0n) is 15.4. The van der Waals surface area contributed by atoms with Crippen LogP contribution in [-0.4, -0.2) is 57.2 Å². The highest BCUT2D eigenvalue weighted by molar-refractivity contribution is 5.92. The standard InChI is InChI=1S/C19H27N5O/c1-15-11-18(21-23(15)3)19(25)22(2)13-16-6-9-24(10-7-16)14-17-5-4-8-20-12-17/h4-5,8,11-12,16H,6-7,9-10,13-14H2,1-3H3. The Balaban J connectivity index is 1.47. The summed E-state index contributed by atoms with van der Waals surface area (Å²) in [5.74, 6) is 0.574. The van der Waals surface area contributed by atoms with E-state index in [1.165, 1.54) is 5.56 Å². The lowest BCUT2D eigenvalue weighted by Crippen LogP contribution is -2.39. The topological polar surface area (TPSA) is 54.3 Å². The fraction of sp³-hybridized carbons (Fsp3) is 0.526. The van der Waals surface area contributed by atoms with Gasteiger partial charge in [-0.15, -0.1) is 0 Å². The molecule has 1 amide bonds. The number of aryl methyl sites for hydroxylation is 2. The number of carbonyl (C=O) groups is 1. The third kappa shape index (κ3) is 4.45. The molecule has 1 saturated heterocycles. The van der Waals surface area contributed by atoms with Crippen LogP contribution in [0, 0.1) is 12.8 Å². The molecule has 134 valence electrons. The molecule has 0 N–H and O–H groups in total. The zero-order chi connectivity index (χ0) is 17.8. The van der Waals surface area contributed by atoms with Gasteiger partial charge < -0.3 is 4.90 Å². The van der Waals surface area contributed by atoms with E-state index in [0.29, 0.717) is 11.6 Å².